The summed E-state index contributed by atoms with van der Waals surface area (Å²) < 4.78 is 0. The fourth-order valence-corrected chi connectivity index (χ4v) is 2.76. The molecule has 20 heavy (non-hydrogen) atoms. The van der Waals surface area contributed by atoms with E-state index in [4.69, 9.17) is 0 Å². The van der Waals surface area contributed by atoms with Crippen LogP contribution < -0.4 is 10.2 Å². The van der Waals surface area contributed by atoms with Gasteiger partial charge in [0.1, 0.15) is 5.82 Å². The summed E-state index contributed by atoms with van der Waals surface area (Å²) in [4.78, 5) is 8.96. The van der Waals surface area contributed by atoms with Gasteiger partial charge in [0.05, 0.1) is 6.10 Å². The third kappa shape index (κ3) is 3.48. The summed E-state index contributed by atoms with van der Waals surface area (Å²) >= 11 is 0. The minimum absolute atomic E-state index is 0.252. The Hall–Kier alpha value is -1.17. The molecule has 0 radical (unpaired) electrons. The fourth-order valence-electron chi connectivity index (χ4n) is 2.76. The normalized spacial score (nSPS) is 24.4. The number of β-amino-alcohol motifs (C(OH)–C–C–N with tert-alkyl or cyclic N) is 1. The molecule has 1 fully saturated rings. The van der Waals surface area contributed by atoms with E-state index in [9.17, 15) is 5.11 Å². The predicted molar refractivity (Wildman–Crippen MR) is 82.0 cm³/mol. The number of pyridine rings is 1. The Bertz CT molecular complexity index is 420. The van der Waals surface area contributed by atoms with Crippen molar-refractivity contribution in [2.24, 2.45) is 0 Å². The second kappa shape index (κ2) is 6.52. The van der Waals surface area contributed by atoms with Crippen LogP contribution in [-0.2, 0) is 0 Å². The smallest absolute Gasteiger partial charge is 0.128 e. The molecule has 0 bridgehead atoms. The number of nitrogens with one attached hydrogen (secondary N) is 1. The molecule has 2 N–H and O–H groups in total. The number of rotatable bonds is 5. The van der Waals surface area contributed by atoms with E-state index < -0.39 is 0 Å². The third-order valence-electron chi connectivity index (χ3n) is 3.97. The topological polar surface area (TPSA) is 51.6 Å². The molecule has 5 heteroatoms. The molecule has 0 aromatic carbocycles. The molecule has 1 saturated heterocycles. The zero-order valence-corrected chi connectivity index (χ0v) is 12.9. The highest BCUT2D eigenvalue weighted by molar-refractivity contribution is 5.43. The highest BCUT2D eigenvalue weighted by Crippen LogP contribution is 2.25. The first-order chi connectivity index (χ1) is 9.51. The van der Waals surface area contributed by atoms with Crippen LogP contribution in [-0.4, -0.2) is 61.4 Å². The maximum absolute atomic E-state index is 9.93. The molecule has 1 aliphatic rings. The maximum Gasteiger partial charge on any atom is 0.128 e. The number of aromatic nitrogens is 1. The molecule has 0 aliphatic carbocycles. The lowest BCUT2D eigenvalue weighted by Crippen LogP contribution is -2.38. The summed E-state index contributed by atoms with van der Waals surface area (Å²) in [7, 11) is 6.07. The van der Waals surface area contributed by atoms with Crippen LogP contribution in [0.5, 0.6) is 0 Å². The molecule has 3 unspecified atom stereocenters. The zero-order valence-electron chi connectivity index (χ0n) is 12.9. The van der Waals surface area contributed by atoms with Crippen LogP contribution in [0.2, 0.25) is 0 Å². The van der Waals surface area contributed by atoms with Gasteiger partial charge in [-0.15, -0.1) is 0 Å². The SMILES string of the molecule is CNC(C)c1ccc(N2CC(O)CC2CN(C)C)nc1. The lowest BCUT2D eigenvalue weighted by Gasteiger charge is -2.28. The van der Waals surface area contributed by atoms with Gasteiger partial charge in [-0.3, -0.25) is 0 Å². The van der Waals surface area contributed by atoms with Crippen molar-refractivity contribution in [2.45, 2.75) is 31.5 Å². The van der Waals surface area contributed by atoms with Crippen molar-refractivity contribution in [3.8, 4) is 0 Å². The number of anilines is 1. The Morgan fingerprint density at radius 1 is 1.50 bits per heavy atom. The summed E-state index contributed by atoms with van der Waals surface area (Å²) in [6.45, 7) is 3.73. The first-order valence-electron chi connectivity index (χ1n) is 7.24. The van der Waals surface area contributed by atoms with Gasteiger partial charge in [-0.2, -0.15) is 0 Å². The Labute approximate surface area is 121 Å². The zero-order chi connectivity index (χ0) is 14.7. The van der Waals surface area contributed by atoms with E-state index in [1.54, 1.807) is 0 Å². The van der Waals surface area contributed by atoms with E-state index in [0.29, 0.717) is 18.6 Å². The molecule has 0 saturated carbocycles. The van der Waals surface area contributed by atoms with Gasteiger partial charge in [0.15, 0.2) is 0 Å². The Morgan fingerprint density at radius 2 is 2.25 bits per heavy atom. The van der Waals surface area contributed by atoms with Gasteiger partial charge in [0.25, 0.3) is 0 Å². The Morgan fingerprint density at radius 3 is 2.80 bits per heavy atom. The molecule has 0 amide bonds. The van der Waals surface area contributed by atoms with Gasteiger partial charge >= 0.3 is 0 Å². The summed E-state index contributed by atoms with van der Waals surface area (Å²) in [5.41, 5.74) is 1.18. The molecule has 2 heterocycles. The number of hydrogen-bond acceptors (Lipinski definition) is 5. The Kier molecular flexibility index (Phi) is 4.96. The van der Waals surface area contributed by atoms with E-state index in [1.807, 2.05) is 13.2 Å². The van der Waals surface area contributed by atoms with Crippen molar-refractivity contribution >= 4 is 5.82 Å². The van der Waals surface area contributed by atoms with Gasteiger partial charge < -0.3 is 20.2 Å². The minimum atomic E-state index is -0.252. The van der Waals surface area contributed by atoms with E-state index in [-0.39, 0.29) is 6.10 Å². The van der Waals surface area contributed by atoms with Gasteiger partial charge in [-0.25, -0.2) is 4.98 Å². The van der Waals surface area contributed by atoms with Gasteiger partial charge in [0, 0.05) is 31.4 Å². The van der Waals surface area contributed by atoms with Gasteiger partial charge in [-0.05, 0) is 46.1 Å². The van der Waals surface area contributed by atoms with Crippen molar-refractivity contribution in [2.75, 3.05) is 39.1 Å². The van der Waals surface area contributed by atoms with Crippen LogP contribution in [0.15, 0.2) is 18.3 Å². The van der Waals surface area contributed by atoms with Crippen molar-refractivity contribution in [1.29, 1.82) is 0 Å². The van der Waals surface area contributed by atoms with Crippen LogP contribution in [0.3, 0.4) is 0 Å². The van der Waals surface area contributed by atoms with E-state index in [2.05, 4.69) is 53.3 Å². The number of likely N-dealkylation sites (N-methyl/N-ethyl adjacent to an activating group) is 1. The highest BCUT2D eigenvalue weighted by Gasteiger charge is 2.31. The maximum atomic E-state index is 9.93. The molecular weight excluding hydrogens is 252 g/mol. The number of aliphatic hydroxyl groups is 1. The predicted octanol–water partition coefficient (Wildman–Crippen LogP) is 0.863. The van der Waals surface area contributed by atoms with E-state index in [1.165, 1.54) is 5.56 Å². The first-order valence-corrected chi connectivity index (χ1v) is 7.24. The van der Waals surface area contributed by atoms with Crippen LogP contribution in [0.25, 0.3) is 0 Å². The third-order valence-corrected chi connectivity index (χ3v) is 3.97. The lowest BCUT2D eigenvalue weighted by molar-refractivity contribution is 0.191. The van der Waals surface area contributed by atoms with Crippen LogP contribution in [0.1, 0.15) is 24.9 Å². The molecule has 2 rings (SSSR count). The lowest BCUT2D eigenvalue weighted by atomic mass is 10.1. The van der Waals surface area contributed by atoms with Gasteiger partial charge in [0.2, 0.25) is 0 Å². The van der Waals surface area contributed by atoms with Crippen LogP contribution in [0.4, 0.5) is 5.82 Å². The number of hydrogen-bond donors (Lipinski definition) is 2. The standard InChI is InChI=1S/C15H26N4O/c1-11(16-2)12-5-6-15(17-8-12)19-10-14(20)7-13(19)9-18(3)4/h5-6,8,11,13-14,16,20H,7,9-10H2,1-4H3. The minimum Gasteiger partial charge on any atom is -0.391 e. The molecule has 112 valence electrons. The molecule has 1 aromatic heterocycles. The second-order valence-electron chi connectivity index (χ2n) is 5.92. The average Bonchev–Trinajstić information content (AvgIpc) is 2.78. The highest BCUT2D eigenvalue weighted by atomic mass is 16.3. The molecule has 1 aliphatic heterocycles. The second-order valence-corrected chi connectivity index (χ2v) is 5.92. The summed E-state index contributed by atoms with van der Waals surface area (Å²) in [6, 6.07) is 4.81. The van der Waals surface area contributed by atoms with E-state index >= 15 is 0 Å². The van der Waals surface area contributed by atoms with Crippen molar-refractivity contribution < 1.29 is 5.11 Å². The van der Waals surface area contributed by atoms with Crippen LogP contribution >= 0.6 is 0 Å². The average molecular weight is 278 g/mol. The molecule has 1 aromatic rings. The molecule has 5 nitrogen and oxygen atoms in total. The fraction of sp³-hybridized carbons (Fsp3) is 0.667. The molecular formula is C15H26N4O. The largest absolute Gasteiger partial charge is 0.391 e. The Balaban J connectivity index is 2.12. The van der Waals surface area contributed by atoms with Gasteiger partial charge in [-0.1, -0.05) is 6.07 Å². The van der Waals surface area contributed by atoms with Crippen molar-refractivity contribution in [1.82, 2.24) is 15.2 Å². The molecule has 0 spiro atoms. The number of aliphatic hydroxyl groups excluding tert-OH is 1. The monoisotopic (exact) mass is 278 g/mol. The molecule has 3 atom stereocenters. The van der Waals surface area contributed by atoms with Crippen molar-refractivity contribution in [3.05, 3.63) is 23.9 Å². The van der Waals surface area contributed by atoms with Crippen LogP contribution in [0, 0.1) is 0 Å². The summed E-state index contributed by atoms with van der Waals surface area (Å²) in [6.07, 6.45) is 2.49. The van der Waals surface area contributed by atoms with E-state index in [0.717, 1.165) is 18.8 Å². The quantitative estimate of drug-likeness (QED) is 0.837. The van der Waals surface area contributed by atoms with Crippen molar-refractivity contribution in [3.63, 3.8) is 0 Å². The first kappa shape index (κ1) is 15.2. The summed E-state index contributed by atoms with van der Waals surface area (Å²) in [5, 5.41) is 13.1. The number of nitrogens with zero attached hydrogens (tertiary/aromatic N) is 3. The summed E-state index contributed by atoms with van der Waals surface area (Å²) in [5.74, 6) is 0.959.